The van der Waals surface area contributed by atoms with Crippen molar-refractivity contribution in [2.45, 2.75) is 33.2 Å². The van der Waals surface area contributed by atoms with Gasteiger partial charge in [-0.05, 0) is 44.4 Å². The van der Waals surface area contributed by atoms with Gasteiger partial charge in [-0.15, -0.1) is 0 Å². The van der Waals surface area contributed by atoms with E-state index in [1.165, 1.54) is 7.11 Å². The second-order valence-electron chi connectivity index (χ2n) is 6.94. The Hall–Kier alpha value is -3.46. The summed E-state index contributed by atoms with van der Waals surface area (Å²) in [5.41, 5.74) is 5.72. The average molecular weight is 376 g/mol. The SMILES string of the molecule is COC(=O)c1oc(C)c(-c2c(-c3ccc(O)cc3)c3n(c2C#N)CCC3)c1C. The van der Waals surface area contributed by atoms with Gasteiger partial charge in [0.25, 0.3) is 0 Å². The molecule has 4 rings (SSSR count). The summed E-state index contributed by atoms with van der Waals surface area (Å²) in [5, 5.41) is 19.6. The molecule has 6 nitrogen and oxygen atoms in total. The van der Waals surface area contributed by atoms with Gasteiger partial charge in [0.15, 0.2) is 0 Å². The highest BCUT2D eigenvalue weighted by Gasteiger charge is 2.32. The van der Waals surface area contributed by atoms with E-state index in [1.807, 2.05) is 19.1 Å². The van der Waals surface area contributed by atoms with E-state index < -0.39 is 5.97 Å². The maximum Gasteiger partial charge on any atom is 0.374 e. The summed E-state index contributed by atoms with van der Waals surface area (Å²) in [6.07, 6.45) is 1.84. The molecule has 142 valence electrons. The molecule has 1 aromatic carbocycles. The lowest BCUT2D eigenvalue weighted by atomic mass is 9.92. The van der Waals surface area contributed by atoms with Crippen molar-refractivity contribution in [1.82, 2.24) is 4.57 Å². The molecule has 1 aliphatic rings. The predicted molar refractivity (Wildman–Crippen MR) is 103 cm³/mol. The number of fused-ring (bicyclic) bond motifs is 1. The van der Waals surface area contributed by atoms with Crippen LogP contribution in [0.2, 0.25) is 0 Å². The van der Waals surface area contributed by atoms with E-state index in [9.17, 15) is 15.2 Å². The minimum atomic E-state index is -0.539. The fourth-order valence-corrected chi connectivity index (χ4v) is 4.19. The molecule has 0 bridgehead atoms. The van der Waals surface area contributed by atoms with E-state index in [0.717, 1.165) is 47.3 Å². The number of phenols is 1. The maximum absolute atomic E-state index is 12.1. The van der Waals surface area contributed by atoms with Crippen LogP contribution in [-0.2, 0) is 17.7 Å². The first-order chi connectivity index (χ1) is 13.5. The number of nitriles is 1. The first-order valence-corrected chi connectivity index (χ1v) is 9.11. The number of hydrogen-bond acceptors (Lipinski definition) is 5. The summed E-state index contributed by atoms with van der Waals surface area (Å²) in [5.74, 6) is 0.370. The highest BCUT2D eigenvalue weighted by molar-refractivity contribution is 5.96. The van der Waals surface area contributed by atoms with Crippen LogP contribution in [0, 0.1) is 25.2 Å². The molecule has 3 heterocycles. The van der Waals surface area contributed by atoms with Crippen molar-refractivity contribution in [3.63, 3.8) is 0 Å². The van der Waals surface area contributed by atoms with Crippen molar-refractivity contribution < 1.29 is 19.1 Å². The number of aromatic hydroxyl groups is 1. The maximum atomic E-state index is 12.1. The first kappa shape index (κ1) is 17.9. The van der Waals surface area contributed by atoms with Crippen LogP contribution < -0.4 is 0 Å². The highest BCUT2D eigenvalue weighted by Crippen LogP contribution is 2.46. The number of phenolic OH excluding ortho intramolecular Hbond substituents is 1. The first-order valence-electron chi connectivity index (χ1n) is 9.11. The van der Waals surface area contributed by atoms with Crippen molar-refractivity contribution in [3.8, 4) is 34.1 Å². The van der Waals surface area contributed by atoms with Gasteiger partial charge in [0, 0.05) is 34.5 Å². The number of hydrogen-bond donors (Lipinski definition) is 1. The molecular weight excluding hydrogens is 356 g/mol. The summed E-state index contributed by atoms with van der Waals surface area (Å²) in [6.45, 7) is 4.38. The molecule has 0 atom stereocenters. The summed E-state index contributed by atoms with van der Waals surface area (Å²) < 4.78 is 12.6. The van der Waals surface area contributed by atoms with E-state index in [0.29, 0.717) is 17.0 Å². The molecule has 0 aliphatic carbocycles. The third kappa shape index (κ3) is 2.51. The van der Waals surface area contributed by atoms with Gasteiger partial charge in [-0.2, -0.15) is 5.26 Å². The standard InChI is InChI=1S/C22H20N2O4/c1-12-18(13(2)28-21(12)22(26)27-3)20-17(11-23)24-10-4-5-16(24)19(20)14-6-8-15(25)9-7-14/h6-9,25H,4-5,10H2,1-3H3. The largest absolute Gasteiger partial charge is 0.508 e. The van der Waals surface area contributed by atoms with Gasteiger partial charge in [0.05, 0.1) is 7.11 Å². The van der Waals surface area contributed by atoms with Crippen LogP contribution >= 0.6 is 0 Å². The molecule has 0 fully saturated rings. The summed E-state index contributed by atoms with van der Waals surface area (Å²) >= 11 is 0. The van der Waals surface area contributed by atoms with E-state index in [2.05, 4.69) is 10.6 Å². The molecule has 1 N–H and O–H groups in total. The van der Waals surface area contributed by atoms with Crippen LogP contribution in [0.3, 0.4) is 0 Å². The van der Waals surface area contributed by atoms with E-state index in [-0.39, 0.29) is 11.5 Å². The van der Waals surface area contributed by atoms with Gasteiger partial charge in [0.2, 0.25) is 5.76 Å². The zero-order valence-corrected chi connectivity index (χ0v) is 16.0. The van der Waals surface area contributed by atoms with Crippen molar-refractivity contribution in [2.24, 2.45) is 0 Å². The van der Waals surface area contributed by atoms with Crippen LogP contribution in [0.1, 0.15) is 39.7 Å². The zero-order chi connectivity index (χ0) is 20.0. The highest BCUT2D eigenvalue weighted by atomic mass is 16.5. The molecule has 0 saturated carbocycles. The van der Waals surface area contributed by atoms with Gasteiger partial charge >= 0.3 is 5.97 Å². The number of nitrogens with zero attached hydrogens (tertiary/aromatic N) is 2. The Balaban J connectivity index is 2.06. The van der Waals surface area contributed by atoms with Gasteiger partial charge in [-0.3, -0.25) is 0 Å². The lowest BCUT2D eigenvalue weighted by Crippen LogP contribution is -2.01. The topological polar surface area (TPSA) is 88.4 Å². The summed E-state index contributed by atoms with van der Waals surface area (Å²) in [6, 6.07) is 9.33. The number of carbonyl (C=O) groups excluding carboxylic acids is 1. The molecule has 0 spiro atoms. The molecule has 2 aromatic heterocycles. The fraction of sp³-hybridized carbons (Fsp3) is 0.273. The van der Waals surface area contributed by atoms with Crippen molar-refractivity contribution in [2.75, 3.05) is 7.11 Å². The molecule has 0 radical (unpaired) electrons. The molecule has 0 saturated heterocycles. The number of ether oxygens (including phenoxy) is 1. The van der Waals surface area contributed by atoms with Crippen molar-refractivity contribution in [3.05, 3.63) is 52.7 Å². The Kier molecular flexibility index (Phi) is 4.23. The lowest BCUT2D eigenvalue weighted by molar-refractivity contribution is 0.0562. The third-order valence-electron chi connectivity index (χ3n) is 5.37. The number of aryl methyl sites for hydroxylation is 1. The van der Waals surface area contributed by atoms with E-state index in [1.54, 1.807) is 19.1 Å². The molecule has 1 aliphatic heterocycles. The average Bonchev–Trinajstić information content (AvgIpc) is 3.34. The van der Waals surface area contributed by atoms with Crippen LogP contribution in [0.25, 0.3) is 22.3 Å². The van der Waals surface area contributed by atoms with Gasteiger partial charge < -0.3 is 18.8 Å². The Labute approximate surface area is 162 Å². The molecule has 0 unspecified atom stereocenters. The summed E-state index contributed by atoms with van der Waals surface area (Å²) in [7, 11) is 1.31. The lowest BCUT2D eigenvalue weighted by Gasteiger charge is -2.08. The Morgan fingerprint density at radius 2 is 1.93 bits per heavy atom. The normalized spacial score (nSPS) is 12.6. The third-order valence-corrected chi connectivity index (χ3v) is 5.37. The van der Waals surface area contributed by atoms with Crippen LogP contribution in [0.4, 0.5) is 0 Å². The number of aromatic nitrogens is 1. The number of benzene rings is 1. The van der Waals surface area contributed by atoms with E-state index >= 15 is 0 Å². The van der Waals surface area contributed by atoms with Gasteiger partial charge in [-0.25, -0.2) is 4.79 Å². The number of carbonyl (C=O) groups is 1. The van der Waals surface area contributed by atoms with Gasteiger partial charge in [-0.1, -0.05) is 12.1 Å². The van der Waals surface area contributed by atoms with E-state index in [4.69, 9.17) is 9.15 Å². The van der Waals surface area contributed by atoms with Crippen molar-refractivity contribution >= 4 is 5.97 Å². The molecule has 28 heavy (non-hydrogen) atoms. The van der Waals surface area contributed by atoms with Crippen LogP contribution in [0.15, 0.2) is 28.7 Å². The zero-order valence-electron chi connectivity index (χ0n) is 16.0. The number of methoxy groups -OCH3 is 1. The van der Waals surface area contributed by atoms with Crippen molar-refractivity contribution in [1.29, 1.82) is 5.26 Å². The molecule has 0 amide bonds. The quantitative estimate of drug-likeness (QED) is 0.687. The number of furan rings is 1. The Bertz CT molecular complexity index is 1130. The summed E-state index contributed by atoms with van der Waals surface area (Å²) in [4.78, 5) is 12.1. The second-order valence-corrected chi connectivity index (χ2v) is 6.94. The second kappa shape index (κ2) is 6.61. The Morgan fingerprint density at radius 1 is 1.21 bits per heavy atom. The fourth-order valence-electron chi connectivity index (χ4n) is 4.19. The van der Waals surface area contributed by atoms with Gasteiger partial charge in [0.1, 0.15) is 23.3 Å². The Morgan fingerprint density at radius 3 is 2.57 bits per heavy atom. The smallest absolute Gasteiger partial charge is 0.374 e. The number of esters is 1. The monoisotopic (exact) mass is 376 g/mol. The number of rotatable bonds is 3. The van der Waals surface area contributed by atoms with Crippen LogP contribution in [-0.4, -0.2) is 22.8 Å². The minimum Gasteiger partial charge on any atom is -0.508 e. The van der Waals surface area contributed by atoms with Crippen LogP contribution in [0.5, 0.6) is 5.75 Å². The molecule has 3 aromatic rings. The molecular formula is C22H20N2O4. The predicted octanol–water partition coefficient (Wildman–Crippen LogP) is 4.34. The minimum absolute atomic E-state index is 0.155. The molecule has 6 heteroatoms.